The first-order chi connectivity index (χ1) is 9.80. The summed E-state index contributed by atoms with van der Waals surface area (Å²) in [5.74, 6) is 6.99. The number of hydrazine groups is 1. The molecule has 0 bridgehead atoms. The summed E-state index contributed by atoms with van der Waals surface area (Å²) < 4.78 is 11.0. The number of rotatable bonds is 5. The largest absolute Gasteiger partial charge is 0.469 e. The van der Waals surface area contributed by atoms with E-state index < -0.39 is 0 Å². The molecule has 3 rings (SSSR count). The second kappa shape index (κ2) is 5.48. The second-order valence-corrected chi connectivity index (χ2v) is 5.27. The number of fused-ring (bicyclic) bond motifs is 1. The van der Waals surface area contributed by atoms with E-state index in [-0.39, 0.29) is 0 Å². The first kappa shape index (κ1) is 12.9. The molecule has 0 aliphatic carbocycles. The molecule has 20 heavy (non-hydrogen) atoms. The minimum absolute atomic E-state index is 0.320. The lowest BCUT2D eigenvalue weighted by Crippen LogP contribution is -2.11. The Morgan fingerprint density at radius 3 is 3.05 bits per heavy atom. The standard InChI is InChI=1S/C13H14N4O2S/c1-2-9-6-10-11(19-7-8-4-3-5-18-8)15-13(17-14)16-12(10)20-9/h3-6H,2,7,14H2,1H3,(H,15,16,17). The Bertz CT molecular complexity index is 709. The van der Waals surface area contributed by atoms with Crippen molar-refractivity contribution in [1.29, 1.82) is 0 Å². The number of furan rings is 1. The zero-order valence-electron chi connectivity index (χ0n) is 10.9. The van der Waals surface area contributed by atoms with Crippen LogP contribution in [0.1, 0.15) is 17.6 Å². The molecule has 3 aromatic rings. The second-order valence-electron chi connectivity index (χ2n) is 4.15. The van der Waals surface area contributed by atoms with Gasteiger partial charge in [0.2, 0.25) is 11.8 Å². The lowest BCUT2D eigenvalue weighted by molar-refractivity contribution is 0.264. The Hall–Kier alpha value is -2.12. The molecule has 0 fully saturated rings. The molecule has 3 aromatic heterocycles. The summed E-state index contributed by atoms with van der Waals surface area (Å²) >= 11 is 1.61. The lowest BCUT2D eigenvalue weighted by Gasteiger charge is -2.06. The molecule has 0 unspecified atom stereocenters. The number of thiophene rings is 1. The van der Waals surface area contributed by atoms with Gasteiger partial charge in [-0.1, -0.05) is 6.92 Å². The molecular weight excluding hydrogens is 276 g/mol. The Balaban J connectivity index is 1.96. The van der Waals surface area contributed by atoms with Gasteiger partial charge < -0.3 is 9.15 Å². The minimum Gasteiger partial charge on any atom is -0.469 e. The highest BCUT2D eigenvalue weighted by Gasteiger charge is 2.12. The summed E-state index contributed by atoms with van der Waals surface area (Å²) in [4.78, 5) is 10.7. The summed E-state index contributed by atoms with van der Waals surface area (Å²) in [6.07, 6.45) is 2.56. The number of nitrogens with one attached hydrogen (secondary N) is 1. The number of hydrogen-bond donors (Lipinski definition) is 2. The van der Waals surface area contributed by atoms with Gasteiger partial charge in [0, 0.05) is 4.88 Å². The SMILES string of the molecule is CCc1cc2c(OCc3ccco3)nc(NN)nc2s1. The maximum atomic E-state index is 5.73. The molecule has 0 saturated heterocycles. The number of aryl methyl sites for hydroxylation is 1. The van der Waals surface area contributed by atoms with Crippen LogP contribution >= 0.6 is 11.3 Å². The number of nitrogen functional groups attached to an aromatic ring is 1. The van der Waals surface area contributed by atoms with Gasteiger partial charge in [0.05, 0.1) is 11.6 Å². The van der Waals surface area contributed by atoms with E-state index in [1.54, 1.807) is 17.6 Å². The van der Waals surface area contributed by atoms with E-state index in [1.165, 1.54) is 4.88 Å². The van der Waals surface area contributed by atoms with Crippen molar-refractivity contribution in [2.24, 2.45) is 5.84 Å². The fraction of sp³-hybridized carbons (Fsp3) is 0.231. The van der Waals surface area contributed by atoms with Crippen molar-refractivity contribution in [1.82, 2.24) is 9.97 Å². The highest BCUT2D eigenvalue weighted by Crippen LogP contribution is 2.31. The van der Waals surface area contributed by atoms with Crippen molar-refractivity contribution in [3.8, 4) is 5.88 Å². The molecule has 3 heterocycles. The van der Waals surface area contributed by atoms with E-state index in [1.807, 2.05) is 12.1 Å². The van der Waals surface area contributed by atoms with Gasteiger partial charge >= 0.3 is 0 Å². The molecule has 0 spiro atoms. The van der Waals surface area contributed by atoms with Gasteiger partial charge in [0.15, 0.2) is 0 Å². The van der Waals surface area contributed by atoms with Crippen LogP contribution < -0.4 is 16.0 Å². The molecule has 6 nitrogen and oxygen atoms in total. The number of anilines is 1. The summed E-state index contributed by atoms with van der Waals surface area (Å²) in [7, 11) is 0. The highest BCUT2D eigenvalue weighted by atomic mass is 32.1. The van der Waals surface area contributed by atoms with E-state index >= 15 is 0 Å². The summed E-state index contributed by atoms with van der Waals surface area (Å²) in [5, 5.41) is 0.900. The van der Waals surface area contributed by atoms with Gasteiger partial charge in [0.25, 0.3) is 0 Å². The predicted octanol–water partition coefficient (Wildman–Crippen LogP) is 2.71. The van der Waals surface area contributed by atoms with Crippen LogP contribution in [0.15, 0.2) is 28.9 Å². The Labute approximate surface area is 119 Å². The molecule has 0 radical (unpaired) electrons. The van der Waals surface area contributed by atoms with E-state index in [0.717, 1.165) is 22.4 Å². The van der Waals surface area contributed by atoms with E-state index in [0.29, 0.717) is 18.4 Å². The maximum Gasteiger partial charge on any atom is 0.241 e. The zero-order valence-corrected chi connectivity index (χ0v) is 11.7. The zero-order chi connectivity index (χ0) is 13.9. The Morgan fingerprint density at radius 2 is 2.35 bits per heavy atom. The summed E-state index contributed by atoms with van der Waals surface area (Å²) in [6, 6.07) is 5.73. The topological polar surface area (TPSA) is 86.2 Å². The molecule has 104 valence electrons. The van der Waals surface area contributed by atoms with Crippen LogP contribution in [-0.2, 0) is 13.0 Å². The Morgan fingerprint density at radius 1 is 1.45 bits per heavy atom. The maximum absolute atomic E-state index is 5.73. The van der Waals surface area contributed by atoms with Crippen molar-refractivity contribution in [3.05, 3.63) is 35.1 Å². The average Bonchev–Trinajstić information content (AvgIpc) is 3.12. The van der Waals surface area contributed by atoms with Crippen LogP contribution in [0.5, 0.6) is 5.88 Å². The predicted molar refractivity (Wildman–Crippen MR) is 77.6 cm³/mol. The van der Waals surface area contributed by atoms with Crippen molar-refractivity contribution >= 4 is 27.5 Å². The average molecular weight is 290 g/mol. The summed E-state index contributed by atoms with van der Waals surface area (Å²) in [5.41, 5.74) is 2.46. The number of nitrogens with two attached hydrogens (primary N) is 1. The molecule has 0 aromatic carbocycles. The van der Waals surface area contributed by atoms with Gasteiger partial charge in [0.1, 0.15) is 17.2 Å². The normalized spacial score (nSPS) is 10.9. The van der Waals surface area contributed by atoms with Crippen LogP contribution in [0.4, 0.5) is 5.95 Å². The molecule has 0 aliphatic rings. The molecule has 0 amide bonds. The van der Waals surface area contributed by atoms with Crippen molar-refractivity contribution in [3.63, 3.8) is 0 Å². The number of nitrogens with zero attached hydrogens (tertiary/aromatic N) is 2. The third-order valence-electron chi connectivity index (χ3n) is 2.82. The number of aromatic nitrogens is 2. The van der Waals surface area contributed by atoms with Crippen LogP contribution in [0.25, 0.3) is 10.2 Å². The van der Waals surface area contributed by atoms with Crippen molar-refractivity contribution in [2.45, 2.75) is 20.0 Å². The minimum atomic E-state index is 0.320. The van der Waals surface area contributed by atoms with E-state index in [2.05, 4.69) is 28.4 Å². The lowest BCUT2D eigenvalue weighted by atomic mass is 10.3. The van der Waals surface area contributed by atoms with Gasteiger partial charge in [-0.25, -0.2) is 10.8 Å². The van der Waals surface area contributed by atoms with Crippen LogP contribution in [-0.4, -0.2) is 9.97 Å². The van der Waals surface area contributed by atoms with Gasteiger partial charge in [-0.2, -0.15) is 4.98 Å². The third kappa shape index (κ3) is 2.45. The van der Waals surface area contributed by atoms with Crippen LogP contribution in [0, 0.1) is 0 Å². The van der Waals surface area contributed by atoms with Gasteiger partial charge in [-0.05, 0) is 24.6 Å². The first-order valence-electron chi connectivity index (χ1n) is 6.22. The molecule has 0 aliphatic heterocycles. The molecule has 0 atom stereocenters. The van der Waals surface area contributed by atoms with E-state index in [4.69, 9.17) is 15.0 Å². The van der Waals surface area contributed by atoms with Crippen molar-refractivity contribution < 1.29 is 9.15 Å². The molecule has 0 saturated carbocycles. The van der Waals surface area contributed by atoms with Crippen LogP contribution in [0.3, 0.4) is 0 Å². The Kier molecular flexibility index (Phi) is 3.53. The van der Waals surface area contributed by atoms with Gasteiger partial charge in [-0.15, -0.1) is 11.3 Å². The van der Waals surface area contributed by atoms with Crippen molar-refractivity contribution in [2.75, 3.05) is 5.43 Å². The quantitative estimate of drug-likeness (QED) is 0.555. The molecular formula is C13H14N4O2S. The third-order valence-corrected chi connectivity index (χ3v) is 3.99. The monoisotopic (exact) mass is 290 g/mol. The van der Waals surface area contributed by atoms with E-state index in [9.17, 15) is 0 Å². The number of ether oxygens (including phenoxy) is 1. The van der Waals surface area contributed by atoms with Crippen LogP contribution in [0.2, 0.25) is 0 Å². The highest BCUT2D eigenvalue weighted by molar-refractivity contribution is 7.18. The fourth-order valence-corrected chi connectivity index (χ4v) is 2.79. The molecule has 3 N–H and O–H groups in total. The first-order valence-corrected chi connectivity index (χ1v) is 7.04. The smallest absolute Gasteiger partial charge is 0.241 e. The number of hydrogen-bond acceptors (Lipinski definition) is 7. The van der Waals surface area contributed by atoms with Gasteiger partial charge in [-0.3, -0.25) is 5.43 Å². The fourth-order valence-electron chi connectivity index (χ4n) is 1.83. The molecule has 7 heteroatoms. The summed E-state index contributed by atoms with van der Waals surface area (Å²) in [6.45, 7) is 2.42.